The van der Waals surface area contributed by atoms with Gasteiger partial charge in [-0.3, -0.25) is 0 Å². The fourth-order valence-electron chi connectivity index (χ4n) is 1.81. The summed E-state index contributed by atoms with van der Waals surface area (Å²) in [4.78, 5) is 0. The largest absolute Gasteiger partial charge is 0.384 e. The third-order valence-electron chi connectivity index (χ3n) is 2.63. The smallest absolute Gasteiger partial charge is 0.0373 e. The summed E-state index contributed by atoms with van der Waals surface area (Å²) in [6.07, 6.45) is 2.34. The van der Waals surface area contributed by atoms with E-state index in [1.807, 2.05) is 0 Å². The molecular weight excluding hydrogens is 208 g/mol. The second-order valence-electron chi connectivity index (χ2n) is 5.51. The molecule has 0 saturated heterocycles. The van der Waals surface area contributed by atoms with Crippen LogP contribution in [0.25, 0.3) is 0 Å². The van der Waals surface area contributed by atoms with Crippen LogP contribution in [-0.2, 0) is 6.42 Å². The van der Waals surface area contributed by atoms with Crippen molar-refractivity contribution < 1.29 is 0 Å². The van der Waals surface area contributed by atoms with Crippen LogP contribution in [0.2, 0.25) is 0 Å². The fraction of sp³-hybridized carbons (Fsp3) is 0.600. The molecule has 0 radical (unpaired) electrons. The van der Waals surface area contributed by atoms with E-state index in [-0.39, 0.29) is 5.54 Å². The minimum absolute atomic E-state index is 0.199. The molecule has 1 aromatic rings. The van der Waals surface area contributed by atoms with Gasteiger partial charge in [-0.1, -0.05) is 31.5 Å². The van der Waals surface area contributed by atoms with Crippen molar-refractivity contribution in [2.24, 2.45) is 0 Å². The van der Waals surface area contributed by atoms with Crippen LogP contribution in [-0.4, -0.2) is 18.6 Å². The van der Waals surface area contributed by atoms with Gasteiger partial charge in [-0.25, -0.2) is 0 Å². The highest BCUT2D eigenvalue weighted by molar-refractivity contribution is 5.51. The summed E-state index contributed by atoms with van der Waals surface area (Å²) in [6.45, 7) is 10.8. The molecule has 0 bridgehead atoms. The summed E-state index contributed by atoms with van der Waals surface area (Å²) in [5.74, 6) is 0. The van der Waals surface area contributed by atoms with Crippen molar-refractivity contribution in [1.29, 1.82) is 0 Å². The lowest BCUT2D eigenvalue weighted by molar-refractivity contribution is 0.435. The van der Waals surface area contributed by atoms with E-state index in [0.717, 1.165) is 19.5 Å². The molecule has 0 aliphatic heterocycles. The van der Waals surface area contributed by atoms with E-state index in [1.54, 1.807) is 0 Å². The lowest BCUT2D eigenvalue weighted by Gasteiger charge is -2.21. The van der Waals surface area contributed by atoms with Gasteiger partial charge in [0.1, 0.15) is 0 Å². The maximum absolute atomic E-state index is 3.51. The molecule has 0 aromatic heterocycles. The Labute approximate surface area is 106 Å². The van der Waals surface area contributed by atoms with Crippen molar-refractivity contribution in [2.45, 2.75) is 46.1 Å². The molecule has 1 aromatic carbocycles. The van der Waals surface area contributed by atoms with Crippen LogP contribution in [0, 0.1) is 0 Å². The average molecular weight is 234 g/mol. The molecule has 0 unspecified atom stereocenters. The van der Waals surface area contributed by atoms with Gasteiger partial charge in [0, 0.05) is 24.3 Å². The fourth-order valence-corrected chi connectivity index (χ4v) is 1.81. The third-order valence-corrected chi connectivity index (χ3v) is 2.63. The summed E-state index contributed by atoms with van der Waals surface area (Å²) in [7, 11) is 0. The van der Waals surface area contributed by atoms with E-state index >= 15 is 0 Å². The van der Waals surface area contributed by atoms with Crippen molar-refractivity contribution >= 4 is 5.69 Å². The molecule has 0 amide bonds. The SMILES string of the molecule is CCCc1ccccc1NCCNC(C)(C)C. The van der Waals surface area contributed by atoms with Gasteiger partial charge in [0.25, 0.3) is 0 Å². The van der Waals surface area contributed by atoms with Crippen molar-refractivity contribution in [1.82, 2.24) is 5.32 Å². The van der Waals surface area contributed by atoms with Gasteiger partial charge < -0.3 is 10.6 Å². The summed E-state index contributed by atoms with van der Waals surface area (Å²) in [5.41, 5.74) is 2.90. The first-order chi connectivity index (χ1) is 8.03. The zero-order valence-corrected chi connectivity index (χ0v) is 11.6. The van der Waals surface area contributed by atoms with E-state index in [4.69, 9.17) is 0 Å². The van der Waals surface area contributed by atoms with Crippen LogP contribution in [0.1, 0.15) is 39.7 Å². The molecule has 0 fully saturated rings. The number of hydrogen-bond acceptors (Lipinski definition) is 2. The lowest BCUT2D eigenvalue weighted by Crippen LogP contribution is -2.38. The quantitative estimate of drug-likeness (QED) is 0.737. The molecule has 0 spiro atoms. The standard InChI is InChI=1S/C15H26N2/c1-5-8-13-9-6-7-10-14(13)16-11-12-17-15(2,3)4/h6-7,9-10,16-17H,5,8,11-12H2,1-4H3. The Hall–Kier alpha value is -1.02. The third kappa shape index (κ3) is 5.73. The van der Waals surface area contributed by atoms with Crippen molar-refractivity contribution in [3.63, 3.8) is 0 Å². The number of nitrogens with one attached hydrogen (secondary N) is 2. The van der Waals surface area contributed by atoms with Crippen LogP contribution in [0.4, 0.5) is 5.69 Å². The molecule has 0 saturated carbocycles. The van der Waals surface area contributed by atoms with Gasteiger partial charge in [0.15, 0.2) is 0 Å². The Morgan fingerprint density at radius 3 is 2.41 bits per heavy atom. The minimum atomic E-state index is 0.199. The summed E-state index contributed by atoms with van der Waals surface area (Å²) < 4.78 is 0. The number of rotatable bonds is 6. The zero-order valence-electron chi connectivity index (χ0n) is 11.6. The number of para-hydroxylation sites is 1. The van der Waals surface area contributed by atoms with Gasteiger partial charge in [-0.05, 0) is 38.8 Å². The highest BCUT2D eigenvalue weighted by Gasteiger charge is 2.07. The van der Waals surface area contributed by atoms with Gasteiger partial charge in [-0.2, -0.15) is 0 Å². The predicted octanol–water partition coefficient (Wildman–Crippen LogP) is 3.44. The van der Waals surface area contributed by atoms with Gasteiger partial charge in [0.05, 0.1) is 0 Å². The molecule has 0 heterocycles. The highest BCUT2D eigenvalue weighted by atomic mass is 15.0. The molecule has 0 atom stereocenters. The Morgan fingerprint density at radius 1 is 1.06 bits per heavy atom. The van der Waals surface area contributed by atoms with Crippen LogP contribution >= 0.6 is 0 Å². The van der Waals surface area contributed by atoms with Crippen LogP contribution < -0.4 is 10.6 Å². The summed E-state index contributed by atoms with van der Waals surface area (Å²) in [6, 6.07) is 8.59. The summed E-state index contributed by atoms with van der Waals surface area (Å²) >= 11 is 0. The highest BCUT2D eigenvalue weighted by Crippen LogP contribution is 2.16. The van der Waals surface area contributed by atoms with Crippen LogP contribution in [0.15, 0.2) is 24.3 Å². The first-order valence-corrected chi connectivity index (χ1v) is 6.60. The maximum Gasteiger partial charge on any atom is 0.0373 e. The molecule has 96 valence electrons. The number of anilines is 1. The predicted molar refractivity (Wildman–Crippen MR) is 76.7 cm³/mol. The van der Waals surface area contributed by atoms with Crippen molar-refractivity contribution in [3.8, 4) is 0 Å². The first-order valence-electron chi connectivity index (χ1n) is 6.60. The van der Waals surface area contributed by atoms with Gasteiger partial charge in [0.2, 0.25) is 0 Å². The Bertz CT molecular complexity index is 326. The normalized spacial score (nSPS) is 11.5. The second kappa shape index (κ2) is 6.65. The molecule has 17 heavy (non-hydrogen) atoms. The van der Waals surface area contributed by atoms with E-state index in [0.29, 0.717) is 0 Å². The first kappa shape index (κ1) is 14.0. The molecule has 2 heteroatoms. The number of aryl methyl sites for hydroxylation is 1. The molecule has 1 rings (SSSR count). The van der Waals surface area contributed by atoms with Crippen molar-refractivity contribution in [3.05, 3.63) is 29.8 Å². The average Bonchev–Trinajstić information content (AvgIpc) is 2.25. The molecule has 2 nitrogen and oxygen atoms in total. The van der Waals surface area contributed by atoms with E-state index in [2.05, 4.69) is 62.6 Å². The number of hydrogen-bond donors (Lipinski definition) is 2. The minimum Gasteiger partial charge on any atom is -0.384 e. The van der Waals surface area contributed by atoms with Gasteiger partial charge >= 0.3 is 0 Å². The Balaban J connectivity index is 2.41. The molecule has 2 N–H and O–H groups in total. The lowest BCUT2D eigenvalue weighted by atomic mass is 10.1. The molecule has 0 aliphatic rings. The van der Waals surface area contributed by atoms with E-state index < -0.39 is 0 Å². The maximum atomic E-state index is 3.51. The monoisotopic (exact) mass is 234 g/mol. The van der Waals surface area contributed by atoms with E-state index in [1.165, 1.54) is 17.7 Å². The number of benzene rings is 1. The second-order valence-corrected chi connectivity index (χ2v) is 5.51. The van der Waals surface area contributed by atoms with Crippen molar-refractivity contribution in [2.75, 3.05) is 18.4 Å². The van der Waals surface area contributed by atoms with Crippen LogP contribution in [0.5, 0.6) is 0 Å². The van der Waals surface area contributed by atoms with E-state index in [9.17, 15) is 0 Å². The van der Waals surface area contributed by atoms with Crippen LogP contribution in [0.3, 0.4) is 0 Å². The topological polar surface area (TPSA) is 24.1 Å². The Morgan fingerprint density at radius 2 is 1.76 bits per heavy atom. The summed E-state index contributed by atoms with van der Waals surface area (Å²) in [5, 5.41) is 6.99. The Kier molecular flexibility index (Phi) is 5.49. The zero-order chi connectivity index (χ0) is 12.7. The van der Waals surface area contributed by atoms with Gasteiger partial charge in [-0.15, -0.1) is 0 Å². The molecular formula is C15H26N2. The molecule has 0 aliphatic carbocycles.